The molecule has 0 radical (unpaired) electrons. The number of carbonyl (C=O) groups is 1. The number of halogens is 7. The third-order valence-electron chi connectivity index (χ3n) is 2.66. The standard InChI is InChI=1S/C11H10ClF6N3O2/c1-4(5(2)23-8(22)11(16,17)18)20-7-6(10(13,14)15)3-19-9(12)21-7/h3-5H,1-2H3,(H,19,20,21)/t4-,5-/m1/s1. The molecule has 130 valence electrons. The SMILES string of the molecule is C[C@@H](Nc1nc(Cl)ncc1C(F)(F)F)[C@@H](C)OC(=O)C(F)(F)F. The first-order valence-corrected chi connectivity index (χ1v) is 6.34. The molecule has 0 aliphatic rings. The lowest BCUT2D eigenvalue weighted by Crippen LogP contribution is -2.37. The zero-order valence-electron chi connectivity index (χ0n) is 11.6. The quantitative estimate of drug-likeness (QED) is 0.503. The van der Waals surface area contributed by atoms with Gasteiger partial charge in [-0.05, 0) is 25.4 Å². The summed E-state index contributed by atoms with van der Waals surface area (Å²) in [6, 6.07) is -1.12. The molecular weight excluding hydrogens is 356 g/mol. The first-order chi connectivity index (χ1) is 10.3. The number of alkyl halides is 6. The normalized spacial score (nSPS) is 15.0. The topological polar surface area (TPSA) is 64.1 Å². The Morgan fingerprint density at radius 2 is 1.83 bits per heavy atom. The molecule has 0 bridgehead atoms. The van der Waals surface area contributed by atoms with Crippen LogP contribution in [0.25, 0.3) is 0 Å². The number of hydrogen-bond donors (Lipinski definition) is 1. The Labute approximate surface area is 131 Å². The lowest BCUT2D eigenvalue weighted by molar-refractivity contribution is -0.204. The van der Waals surface area contributed by atoms with Crippen LogP contribution in [0.3, 0.4) is 0 Å². The molecule has 0 fully saturated rings. The van der Waals surface area contributed by atoms with Gasteiger partial charge in [0.2, 0.25) is 5.28 Å². The second kappa shape index (κ2) is 6.77. The number of nitrogens with one attached hydrogen (secondary N) is 1. The minimum absolute atomic E-state index is 0.427. The van der Waals surface area contributed by atoms with Gasteiger partial charge in [-0.25, -0.2) is 14.8 Å². The number of hydrogen-bond acceptors (Lipinski definition) is 5. The molecule has 0 saturated carbocycles. The fraction of sp³-hybridized carbons (Fsp3) is 0.545. The summed E-state index contributed by atoms with van der Waals surface area (Å²) in [6.45, 7) is 2.29. The molecule has 12 heteroatoms. The van der Waals surface area contributed by atoms with Gasteiger partial charge in [-0.15, -0.1) is 0 Å². The number of anilines is 1. The van der Waals surface area contributed by atoms with E-state index in [0.717, 1.165) is 6.92 Å². The maximum absolute atomic E-state index is 12.8. The van der Waals surface area contributed by atoms with Crippen molar-refractivity contribution in [3.8, 4) is 0 Å². The maximum atomic E-state index is 12.8. The first kappa shape index (κ1) is 19.3. The van der Waals surface area contributed by atoms with Gasteiger partial charge in [0.25, 0.3) is 0 Å². The molecule has 1 N–H and O–H groups in total. The summed E-state index contributed by atoms with van der Waals surface area (Å²) >= 11 is 5.41. The summed E-state index contributed by atoms with van der Waals surface area (Å²) in [6.07, 6.45) is -11.0. The Morgan fingerprint density at radius 3 is 2.30 bits per heavy atom. The van der Waals surface area contributed by atoms with Gasteiger partial charge < -0.3 is 10.1 Å². The van der Waals surface area contributed by atoms with Crippen molar-refractivity contribution in [1.82, 2.24) is 9.97 Å². The Hall–Kier alpha value is -1.78. The van der Waals surface area contributed by atoms with Crippen molar-refractivity contribution in [3.63, 3.8) is 0 Å². The monoisotopic (exact) mass is 365 g/mol. The van der Waals surface area contributed by atoms with E-state index >= 15 is 0 Å². The second-order valence-electron chi connectivity index (χ2n) is 4.44. The van der Waals surface area contributed by atoms with Crippen molar-refractivity contribution in [2.24, 2.45) is 0 Å². The zero-order chi connectivity index (χ0) is 18.0. The molecule has 0 aliphatic carbocycles. The fourth-order valence-corrected chi connectivity index (χ4v) is 1.48. The van der Waals surface area contributed by atoms with Gasteiger partial charge in [-0.2, -0.15) is 26.3 Å². The van der Waals surface area contributed by atoms with Crippen LogP contribution in [0, 0.1) is 0 Å². The first-order valence-electron chi connectivity index (χ1n) is 5.96. The highest BCUT2D eigenvalue weighted by molar-refractivity contribution is 6.28. The van der Waals surface area contributed by atoms with Gasteiger partial charge in [0.15, 0.2) is 0 Å². The predicted octanol–water partition coefficient (Wildman–Crippen LogP) is 3.44. The third-order valence-corrected chi connectivity index (χ3v) is 2.84. The molecule has 0 spiro atoms. The van der Waals surface area contributed by atoms with Gasteiger partial charge in [-0.1, -0.05) is 0 Å². The summed E-state index contributed by atoms with van der Waals surface area (Å²) < 4.78 is 78.8. The van der Waals surface area contributed by atoms with Gasteiger partial charge in [0.05, 0.1) is 6.04 Å². The Kier molecular flexibility index (Phi) is 5.67. The fourth-order valence-electron chi connectivity index (χ4n) is 1.35. The molecule has 0 saturated heterocycles. The summed E-state index contributed by atoms with van der Waals surface area (Å²) in [5, 5.41) is 1.72. The van der Waals surface area contributed by atoms with E-state index in [0.29, 0.717) is 6.20 Å². The van der Waals surface area contributed by atoms with E-state index in [-0.39, 0.29) is 0 Å². The molecule has 5 nitrogen and oxygen atoms in total. The molecule has 0 aromatic carbocycles. The predicted molar refractivity (Wildman–Crippen MR) is 66.7 cm³/mol. The van der Waals surface area contributed by atoms with Crippen LogP contribution in [-0.2, 0) is 15.7 Å². The smallest absolute Gasteiger partial charge is 0.454 e. The van der Waals surface area contributed by atoms with Gasteiger partial charge in [-0.3, -0.25) is 0 Å². The van der Waals surface area contributed by atoms with E-state index < -0.39 is 47.1 Å². The highest BCUT2D eigenvalue weighted by Gasteiger charge is 2.42. The molecule has 2 atom stereocenters. The summed E-state index contributed by atoms with van der Waals surface area (Å²) in [5.74, 6) is -3.18. The number of ether oxygens (including phenoxy) is 1. The number of nitrogens with zero attached hydrogens (tertiary/aromatic N) is 2. The number of aromatic nitrogens is 2. The van der Waals surface area contributed by atoms with Crippen LogP contribution in [-0.4, -0.2) is 34.3 Å². The van der Waals surface area contributed by atoms with Gasteiger partial charge in [0.1, 0.15) is 17.5 Å². The Morgan fingerprint density at radius 1 is 1.26 bits per heavy atom. The molecule has 1 aromatic rings. The van der Waals surface area contributed by atoms with E-state index in [1.54, 1.807) is 0 Å². The van der Waals surface area contributed by atoms with E-state index in [1.165, 1.54) is 6.92 Å². The average molecular weight is 366 g/mol. The average Bonchev–Trinajstić information content (AvgIpc) is 2.35. The molecular formula is C11H10ClF6N3O2. The van der Waals surface area contributed by atoms with Gasteiger partial charge in [0, 0.05) is 6.20 Å². The molecule has 1 aromatic heterocycles. The van der Waals surface area contributed by atoms with Crippen LogP contribution in [0.1, 0.15) is 19.4 Å². The molecule has 23 heavy (non-hydrogen) atoms. The minimum atomic E-state index is -5.21. The molecule has 0 unspecified atom stereocenters. The van der Waals surface area contributed by atoms with Crippen molar-refractivity contribution in [3.05, 3.63) is 17.0 Å². The molecule has 0 aliphatic heterocycles. The summed E-state index contributed by atoms with van der Waals surface area (Å²) in [7, 11) is 0. The van der Waals surface area contributed by atoms with E-state index in [2.05, 4.69) is 20.0 Å². The molecule has 0 amide bonds. The van der Waals surface area contributed by atoms with Crippen LogP contribution in [0.5, 0.6) is 0 Å². The second-order valence-corrected chi connectivity index (χ2v) is 4.78. The van der Waals surface area contributed by atoms with Crippen molar-refractivity contribution in [2.45, 2.75) is 38.3 Å². The van der Waals surface area contributed by atoms with Crippen LogP contribution in [0.15, 0.2) is 6.20 Å². The number of esters is 1. The minimum Gasteiger partial charge on any atom is -0.454 e. The third kappa shape index (κ3) is 5.41. The van der Waals surface area contributed by atoms with Crippen molar-refractivity contribution in [1.29, 1.82) is 0 Å². The lowest BCUT2D eigenvalue weighted by atomic mass is 10.2. The number of rotatable bonds is 4. The van der Waals surface area contributed by atoms with Crippen LogP contribution < -0.4 is 5.32 Å². The lowest BCUT2D eigenvalue weighted by Gasteiger charge is -2.23. The zero-order valence-corrected chi connectivity index (χ0v) is 12.3. The van der Waals surface area contributed by atoms with Crippen molar-refractivity contribution < 1.29 is 35.9 Å². The largest absolute Gasteiger partial charge is 0.490 e. The summed E-state index contributed by atoms with van der Waals surface area (Å²) in [5.41, 5.74) is -1.26. The van der Waals surface area contributed by atoms with E-state index in [4.69, 9.17) is 11.6 Å². The van der Waals surface area contributed by atoms with Crippen molar-refractivity contribution >= 4 is 23.4 Å². The molecule has 1 rings (SSSR count). The van der Waals surface area contributed by atoms with Crippen LogP contribution in [0.4, 0.5) is 32.2 Å². The Balaban J connectivity index is 2.91. The highest BCUT2D eigenvalue weighted by Crippen LogP contribution is 2.34. The summed E-state index contributed by atoms with van der Waals surface area (Å²) in [4.78, 5) is 17.3. The van der Waals surface area contributed by atoms with Crippen LogP contribution >= 0.6 is 11.6 Å². The maximum Gasteiger partial charge on any atom is 0.490 e. The highest BCUT2D eigenvalue weighted by atomic mass is 35.5. The van der Waals surface area contributed by atoms with Crippen molar-refractivity contribution in [2.75, 3.05) is 5.32 Å². The number of carbonyl (C=O) groups excluding carboxylic acids is 1. The Bertz CT molecular complexity index is 578. The van der Waals surface area contributed by atoms with E-state index in [1.807, 2.05) is 0 Å². The van der Waals surface area contributed by atoms with E-state index in [9.17, 15) is 31.1 Å². The van der Waals surface area contributed by atoms with Crippen LogP contribution in [0.2, 0.25) is 5.28 Å². The molecule has 1 heterocycles. The van der Waals surface area contributed by atoms with Gasteiger partial charge >= 0.3 is 18.3 Å².